The molecule has 0 saturated heterocycles. The smallest absolute Gasteiger partial charge is 0.160 e. The van der Waals surface area contributed by atoms with Crippen LogP contribution in [0.25, 0.3) is 0 Å². The maximum Gasteiger partial charge on any atom is 0.160 e. The number of hydrogen-bond donors (Lipinski definition) is 0. The third-order valence-corrected chi connectivity index (χ3v) is 2.36. The molecular formula is C11H18N2O. The zero-order chi connectivity index (χ0) is 10.3. The summed E-state index contributed by atoms with van der Waals surface area (Å²) in [6.45, 7) is 8.42. The third-order valence-electron chi connectivity index (χ3n) is 2.36. The van der Waals surface area contributed by atoms with Crippen molar-refractivity contribution in [3.05, 3.63) is 11.9 Å². The molecule has 0 spiro atoms. The molecule has 1 aromatic heterocycles. The van der Waals surface area contributed by atoms with Crippen LogP contribution in [0.2, 0.25) is 0 Å². The maximum absolute atomic E-state index is 5.75. The van der Waals surface area contributed by atoms with E-state index in [0.29, 0.717) is 6.10 Å². The molecule has 0 amide bonds. The molecule has 0 unspecified atom stereocenters. The Bertz CT molecular complexity index is 332. The maximum atomic E-state index is 5.75. The van der Waals surface area contributed by atoms with Gasteiger partial charge in [0.25, 0.3) is 0 Å². The highest BCUT2D eigenvalue weighted by molar-refractivity contribution is 5.24. The second-order valence-corrected chi connectivity index (χ2v) is 5.01. The van der Waals surface area contributed by atoms with Gasteiger partial charge in [-0.3, -0.25) is 4.68 Å². The number of aromatic nitrogens is 2. The molecule has 0 radical (unpaired) electrons. The van der Waals surface area contributed by atoms with E-state index in [1.807, 2.05) is 17.8 Å². The lowest BCUT2D eigenvalue weighted by atomic mass is 10.1. The molecule has 1 heterocycles. The number of aryl methyl sites for hydroxylation is 1. The summed E-state index contributed by atoms with van der Waals surface area (Å²) in [7, 11) is 0. The zero-order valence-corrected chi connectivity index (χ0v) is 9.37. The van der Waals surface area contributed by atoms with Gasteiger partial charge in [-0.2, -0.15) is 5.10 Å². The lowest BCUT2D eigenvalue weighted by molar-refractivity contribution is 0.298. The second kappa shape index (κ2) is 3.01. The van der Waals surface area contributed by atoms with Crippen LogP contribution in [0.3, 0.4) is 0 Å². The van der Waals surface area contributed by atoms with E-state index in [-0.39, 0.29) is 5.54 Å². The van der Waals surface area contributed by atoms with Gasteiger partial charge in [0.05, 0.1) is 17.8 Å². The van der Waals surface area contributed by atoms with Gasteiger partial charge in [0.1, 0.15) is 5.69 Å². The van der Waals surface area contributed by atoms with Crippen LogP contribution < -0.4 is 4.74 Å². The molecule has 1 aliphatic rings. The quantitative estimate of drug-likeness (QED) is 0.723. The summed E-state index contributed by atoms with van der Waals surface area (Å²) >= 11 is 0. The molecular weight excluding hydrogens is 176 g/mol. The first kappa shape index (κ1) is 9.56. The Morgan fingerprint density at radius 1 is 1.43 bits per heavy atom. The molecule has 1 fully saturated rings. The van der Waals surface area contributed by atoms with Crippen molar-refractivity contribution in [3.8, 4) is 5.75 Å². The minimum absolute atomic E-state index is 0.0376. The fourth-order valence-corrected chi connectivity index (χ4v) is 1.27. The lowest BCUT2D eigenvalue weighted by Crippen LogP contribution is -2.22. The van der Waals surface area contributed by atoms with Gasteiger partial charge in [-0.05, 0) is 40.5 Å². The predicted molar refractivity (Wildman–Crippen MR) is 55.6 cm³/mol. The van der Waals surface area contributed by atoms with Crippen molar-refractivity contribution in [2.75, 3.05) is 0 Å². The van der Waals surface area contributed by atoms with E-state index >= 15 is 0 Å². The monoisotopic (exact) mass is 194 g/mol. The molecule has 0 N–H and O–H groups in total. The average molecular weight is 194 g/mol. The van der Waals surface area contributed by atoms with Crippen molar-refractivity contribution >= 4 is 0 Å². The second-order valence-electron chi connectivity index (χ2n) is 5.01. The Hall–Kier alpha value is -0.990. The summed E-state index contributed by atoms with van der Waals surface area (Å²) in [5, 5.41) is 4.45. The van der Waals surface area contributed by atoms with Gasteiger partial charge in [0.15, 0.2) is 5.75 Å². The van der Waals surface area contributed by atoms with Crippen LogP contribution in [-0.4, -0.2) is 15.9 Å². The highest BCUT2D eigenvalue weighted by Crippen LogP contribution is 2.29. The fourth-order valence-electron chi connectivity index (χ4n) is 1.27. The van der Waals surface area contributed by atoms with Crippen molar-refractivity contribution in [1.82, 2.24) is 9.78 Å². The predicted octanol–water partition coefficient (Wildman–Crippen LogP) is 2.49. The van der Waals surface area contributed by atoms with Crippen molar-refractivity contribution in [2.24, 2.45) is 0 Å². The molecule has 3 heteroatoms. The minimum Gasteiger partial charge on any atom is -0.487 e. The van der Waals surface area contributed by atoms with Crippen LogP contribution in [0.15, 0.2) is 6.20 Å². The Kier molecular flexibility index (Phi) is 2.05. The van der Waals surface area contributed by atoms with Gasteiger partial charge in [-0.15, -0.1) is 0 Å². The summed E-state index contributed by atoms with van der Waals surface area (Å²) in [5.41, 5.74) is 1.03. The van der Waals surface area contributed by atoms with Gasteiger partial charge in [0, 0.05) is 0 Å². The van der Waals surface area contributed by atoms with Gasteiger partial charge in [0.2, 0.25) is 0 Å². The van der Waals surface area contributed by atoms with E-state index in [9.17, 15) is 0 Å². The molecule has 78 valence electrons. The molecule has 0 atom stereocenters. The van der Waals surface area contributed by atoms with Crippen LogP contribution in [0.5, 0.6) is 5.75 Å². The first-order chi connectivity index (χ1) is 6.47. The zero-order valence-electron chi connectivity index (χ0n) is 9.37. The highest BCUT2D eigenvalue weighted by Gasteiger charge is 2.26. The first-order valence-electron chi connectivity index (χ1n) is 5.20. The fraction of sp³-hybridized carbons (Fsp3) is 0.727. The highest BCUT2D eigenvalue weighted by atomic mass is 16.5. The third kappa shape index (κ3) is 1.91. The Morgan fingerprint density at radius 3 is 2.50 bits per heavy atom. The van der Waals surface area contributed by atoms with Crippen molar-refractivity contribution in [3.63, 3.8) is 0 Å². The number of hydrogen-bond acceptors (Lipinski definition) is 2. The molecule has 14 heavy (non-hydrogen) atoms. The molecule has 2 rings (SSSR count). The number of ether oxygens (including phenoxy) is 1. The van der Waals surface area contributed by atoms with E-state index in [0.717, 1.165) is 11.4 Å². The summed E-state index contributed by atoms with van der Waals surface area (Å²) in [5.74, 6) is 0.947. The van der Waals surface area contributed by atoms with Gasteiger partial charge >= 0.3 is 0 Å². The molecule has 1 aliphatic carbocycles. The Balaban J connectivity index is 2.19. The largest absolute Gasteiger partial charge is 0.487 e. The molecule has 0 aromatic carbocycles. The molecule has 0 aliphatic heterocycles. The topological polar surface area (TPSA) is 27.1 Å². The summed E-state index contributed by atoms with van der Waals surface area (Å²) in [4.78, 5) is 0. The van der Waals surface area contributed by atoms with Gasteiger partial charge in [-0.1, -0.05) is 0 Å². The Labute approximate surface area is 85.1 Å². The van der Waals surface area contributed by atoms with Crippen LogP contribution in [0, 0.1) is 6.92 Å². The molecule has 1 saturated carbocycles. The summed E-state index contributed by atoms with van der Waals surface area (Å²) in [6.07, 6.45) is 4.85. The van der Waals surface area contributed by atoms with E-state index in [1.54, 1.807) is 0 Å². The molecule has 3 nitrogen and oxygen atoms in total. The number of rotatable bonds is 2. The van der Waals surface area contributed by atoms with Crippen molar-refractivity contribution < 1.29 is 4.74 Å². The van der Waals surface area contributed by atoms with E-state index in [2.05, 4.69) is 25.9 Å². The molecule has 1 aromatic rings. The van der Waals surface area contributed by atoms with Crippen LogP contribution in [0.4, 0.5) is 0 Å². The lowest BCUT2D eigenvalue weighted by Gasteiger charge is -2.18. The van der Waals surface area contributed by atoms with Crippen LogP contribution in [0.1, 0.15) is 39.3 Å². The summed E-state index contributed by atoms with van der Waals surface area (Å²) in [6, 6.07) is 0. The van der Waals surface area contributed by atoms with Gasteiger partial charge < -0.3 is 4.74 Å². The number of nitrogens with zero attached hydrogens (tertiary/aromatic N) is 2. The van der Waals surface area contributed by atoms with Crippen LogP contribution >= 0.6 is 0 Å². The Morgan fingerprint density at radius 2 is 2.07 bits per heavy atom. The molecule has 0 bridgehead atoms. The van der Waals surface area contributed by atoms with E-state index < -0.39 is 0 Å². The first-order valence-corrected chi connectivity index (χ1v) is 5.20. The average Bonchev–Trinajstić information content (AvgIpc) is 2.76. The normalized spacial score (nSPS) is 17.1. The van der Waals surface area contributed by atoms with Gasteiger partial charge in [-0.25, -0.2) is 0 Å². The van der Waals surface area contributed by atoms with E-state index in [1.165, 1.54) is 12.8 Å². The standard InChI is InChI=1S/C11H18N2O/c1-8-10(14-9-5-6-9)7-13(12-8)11(2,3)4/h7,9H,5-6H2,1-4H3. The van der Waals surface area contributed by atoms with E-state index in [4.69, 9.17) is 4.74 Å². The van der Waals surface area contributed by atoms with Crippen LogP contribution in [-0.2, 0) is 5.54 Å². The SMILES string of the molecule is Cc1nn(C(C)(C)C)cc1OC1CC1. The minimum atomic E-state index is 0.0376. The van der Waals surface area contributed by atoms with Crippen molar-refractivity contribution in [1.29, 1.82) is 0 Å². The van der Waals surface area contributed by atoms with Crippen molar-refractivity contribution in [2.45, 2.75) is 52.2 Å². The summed E-state index contributed by atoms with van der Waals surface area (Å²) < 4.78 is 7.72.